The summed E-state index contributed by atoms with van der Waals surface area (Å²) >= 11 is 0. The zero-order valence-electron chi connectivity index (χ0n) is 23.6. The number of aromatic nitrogens is 2. The molecule has 0 unspecified atom stereocenters. The van der Waals surface area contributed by atoms with E-state index in [9.17, 15) is 44.3 Å². The lowest BCUT2D eigenvalue weighted by Crippen LogP contribution is -2.48. The molecular formula is C29H27F9N4O2. The van der Waals surface area contributed by atoms with Crippen LogP contribution in [0.4, 0.5) is 55.9 Å². The Morgan fingerprint density at radius 3 is 1.95 bits per heavy atom. The number of aryl methyl sites for hydroxylation is 1. The number of hydrogen-bond donors (Lipinski definition) is 0. The number of ether oxygens (including phenoxy) is 1. The molecule has 0 N–H and O–H groups in total. The van der Waals surface area contributed by atoms with Crippen molar-refractivity contribution in [1.82, 2.24) is 9.97 Å². The fourth-order valence-electron chi connectivity index (χ4n) is 5.15. The molecule has 1 aromatic heterocycles. The molecule has 1 amide bonds. The van der Waals surface area contributed by atoms with Gasteiger partial charge in [0.25, 0.3) is 0 Å². The molecule has 0 spiro atoms. The summed E-state index contributed by atoms with van der Waals surface area (Å²) in [4.78, 5) is 23.9. The molecule has 0 aliphatic carbocycles. The van der Waals surface area contributed by atoms with Gasteiger partial charge in [0, 0.05) is 25.0 Å². The van der Waals surface area contributed by atoms with E-state index in [1.165, 1.54) is 22.2 Å². The smallest absolute Gasteiger partial charge is 0.416 e. The van der Waals surface area contributed by atoms with Crippen molar-refractivity contribution in [3.05, 3.63) is 82.2 Å². The van der Waals surface area contributed by atoms with Crippen LogP contribution in [-0.2, 0) is 29.8 Å². The third kappa shape index (κ3) is 7.02. The van der Waals surface area contributed by atoms with Gasteiger partial charge < -0.3 is 9.64 Å². The molecule has 0 saturated carbocycles. The summed E-state index contributed by atoms with van der Waals surface area (Å²) < 4.78 is 129. The molecule has 0 fully saturated rings. The minimum atomic E-state index is -5.12. The number of rotatable bonds is 6. The van der Waals surface area contributed by atoms with Gasteiger partial charge in [0.05, 0.1) is 35.0 Å². The number of halogens is 9. The SMILES string of the molecule is CCOC(=O)N1c2ccc(C(F)(F)F)cc2[C@@H](N(Cc2cc(C(F)(F)F)cc(C(F)(F)F)c2)c2ncc(C)cn2)C[C@H]1CC. The molecule has 3 aromatic rings. The number of carbonyl (C=O) groups excluding carboxylic acids is 1. The van der Waals surface area contributed by atoms with Crippen molar-refractivity contribution >= 4 is 17.7 Å². The first-order valence-electron chi connectivity index (χ1n) is 13.4. The van der Waals surface area contributed by atoms with Gasteiger partial charge in [-0.05, 0) is 79.8 Å². The van der Waals surface area contributed by atoms with Crippen molar-refractivity contribution in [3.63, 3.8) is 0 Å². The summed E-state index contributed by atoms with van der Waals surface area (Å²) in [6.45, 7) is 4.27. The second-order valence-electron chi connectivity index (χ2n) is 10.3. The van der Waals surface area contributed by atoms with Crippen LogP contribution in [0.25, 0.3) is 0 Å². The average Bonchev–Trinajstić information content (AvgIpc) is 2.94. The minimum absolute atomic E-state index is 0.00787. The first-order valence-corrected chi connectivity index (χ1v) is 13.4. The number of fused-ring (bicyclic) bond motifs is 1. The van der Waals surface area contributed by atoms with Gasteiger partial charge in [-0.15, -0.1) is 0 Å². The van der Waals surface area contributed by atoms with E-state index in [0.717, 1.165) is 18.2 Å². The van der Waals surface area contributed by atoms with E-state index < -0.39 is 65.5 Å². The second-order valence-corrected chi connectivity index (χ2v) is 10.3. The molecule has 15 heteroatoms. The van der Waals surface area contributed by atoms with E-state index in [1.807, 2.05) is 0 Å². The zero-order valence-corrected chi connectivity index (χ0v) is 23.6. The van der Waals surface area contributed by atoms with E-state index in [2.05, 4.69) is 9.97 Å². The number of hydrogen-bond acceptors (Lipinski definition) is 5. The van der Waals surface area contributed by atoms with E-state index in [0.29, 0.717) is 24.1 Å². The quantitative estimate of drug-likeness (QED) is 0.254. The lowest BCUT2D eigenvalue weighted by atomic mass is 9.87. The van der Waals surface area contributed by atoms with Gasteiger partial charge in [-0.2, -0.15) is 39.5 Å². The van der Waals surface area contributed by atoms with Crippen LogP contribution in [0.5, 0.6) is 0 Å². The van der Waals surface area contributed by atoms with Gasteiger partial charge >= 0.3 is 24.6 Å². The highest BCUT2D eigenvalue weighted by Gasteiger charge is 2.42. The summed E-state index contributed by atoms with van der Waals surface area (Å²) in [7, 11) is 0. The van der Waals surface area contributed by atoms with Crippen LogP contribution in [-0.4, -0.2) is 28.7 Å². The van der Waals surface area contributed by atoms with E-state index in [4.69, 9.17) is 4.74 Å². The first kappa shape index (κ1) is 32.9. The highest BCUT2D eigenvalue weighted by Crippen LogP contribution is 2.46. The summed E-state index contributed by atoms with van der Waals surface area (Å²) in [5, 5.41) is 0. The molecule has 2 heterocycles. The van der Waals surface area contributed by atoms with Crippen molar-refractivity contribution in [2.24, 2.45) is 0 Å². The van der Waals surface area contributed by atoms with E-state index in [-0.39, 0.29) is 36.3 Å². The molecule has 1 aliphatic heterocycles. The van der Waals surface area contributed by atoms with E-state index in [1.54, 1.807) is 20.8 Å². The normalized spacial score (nSPS) is 17.3. The molecule has 4 rings (SSSR count). The highest BCUT2D eigenvalue weighted by atomic mass is 19.4. The third-order valence-electron chi connectivity index (χ3n) is 7.17. The number of carbonyl (C=O) groups is 1. The number of alkyl halides is 9. The fourth-order valence-corrected chi connectivity index (χ4v) is 5.15. The number of anilines is 2. The molecular weight excluding hydrogens is 607 g/mol. The molecule has 0 bridgehead atoms. The van der Waals surface area contributed by atoms with Gasteiger partial charge in [-0.25, -0.2) is 14.8 Å². The lowest BCUT2D eigenvalue weighted by molar-refractivity contribution is -0.143. The van der Waals surface area contributed by atoms with Crippen molar-refractivity contribution in [2.45, 2.75) is 70.8 Å². The maximum absolute atomic E-state index is 13.9. The van der Waals surface area contributed by atoms with Crippen LogP contribution < -0.4 is 9.80 Å². The van der Waals surface area contributed by atoms with Gasteiger partial charge in [0.2, 0.25) is 5.95 Å². The van der Waals surface area contributed by atoms with Crippen LogP contribution in [0.1, 0.15) is 66.1 Å². The van der Waals surface area contributed by atoms with Crippen molar-refractivity contribution < 1.29 is 49.0 Å². The van der Waals surface area contributed by atoms with E-state index >= 15 is 0 Å². The summed E-state index contributed by atoms with van der Waals surface area (Å²) in [6.07, 6.45) is -12.9. The van der Waals surface area contributed by atoms with Gasteiger partial charge in [-0.3, -0.25) is 4.90 Å². The summed E-state index contributed by atoms with van der Waals surface area (Å²) in [6, 6.07) is 2.03. The Morgan fingerprint density at radius 1 is 0.886 bits per heavy atom. The Labute approximate surface area is 246 Å². The number of amides is 1. The maximum atomic E-state index is 13.9. The van der Waals surface area contributed by atoms with Crippen molar-refractivity contribution in [2.75, 3.05) is 16.4 Å². The van der Waals surface area contributed by atoms with Crippen LogP contribution >= 0.6 is 0 Å². The lowest BCUT2D eigenvalue weighted by Gasteiger charge is -2.44. The zero-order chi connectivity index (χ0) is 32.6. The predicted octanol–water partition coefficient (Wildman–Crippen LogP) is 8.73. The Kier molecular flexibility index (Phi) is 9.08. The summed E-state index contributed by atoms with van der Waals surface area (Å²) in [5.41, 5.74) is -4.00. The Balaban J connectivity index is 1.95. The topological polar surface area (TPSA) is 58.6 Å². The fraction of sp³-hybridized carbons (Fsp3) is 0.414. The number of benzene rings is 2. The predicted molar refractivity (Wildman–Crippen MR) is 142 cm³/mol. The molecule has 0 radical (unpaired) electrons. The van der Waals surface area contributed by atoms with Crippen molar-refractivity contribution in [3.8, 4) is 0 Å². The van der Waals surface area contributed by atoms with Crippen LogP contribution in [0, 0.1) is 6.92 Å². The Hall–Kier alpha value is -4.04. The summed E-state index contributed by atoms with van der Waals surface area (Å²) in [5.74, 6) is -0.144. The minimum Gasteiger partial charge on any atom is -0.449 e. The Morgan fingerprint density at radius 2 is 1.45 bits per heavy atom. The Bertz CT molecular complexity index is 1460. The molecule has 44 heavy (non-hydrogen) atoms. The molecule has 238 valence electrons. The average molecular weight is 635 g/mol. The number of nitrogens with zero attached hydrogens (tertiary/aromatic N) is 4. The highest BCUT2D eigenvalue weighted by molar-refractivity contribution is 5.90. The second kappa shape index (κ2) is 12.2. The first-order chi connectivity index (χ1) is 20.4. The third-order valence-corrected chi connectivity index (χ3v) is 7.17. The van der Waals surface area contributed by atoms with Gasteiger partial charge in [0.15, 0.2) is 0 Å². The van der Waals surface area contributed by atoms with Crippen LogP contribution in [0.15, 0.2) is 48.8 Å². The maximum Gasteiger partial charge on any atom is 0.416 e. The molecule has 1 aliphatic rings. The van der Waals surface area contributed by atoms with Gasteiger partial charge in [0.1, 0.15) is 0 Å². The molecule has 2 aromatic carbocycles. The van der Waals surface area contributed by atoms with Gasteiger partial charge in [-0.1, -0.05) is 6.92 Å². The molecule has 0 saturated heterocycles. The largest absolute Gasteiger partial charge is 0.449 e. The monoisotopic (exact) mass is 634 g/mol. The van der Waals surface area contributed by atoms with Crippen molar-refractivity contribution in [1.29, 1.82) is 0 Å². The molecule has 2 atom stereocenters. The van der Waals surface area contributed by atoms with Crippen LogP contribution in [0.3, 0.4) is 0 Å². The molecule has 6 nitrogen and oxygen atoms in total. The standard InChI is InChI=1S/C29H27F9N4O2/c1-4-21-12-24(22-11-18(27(30,31)32)6-7-23(22)42(21)26(43)44-5-2)41(25-39-13-16(3)14-40-25)15-17-8-19(28(33,34)35)10-20(9-17)29(36,37)38/h6-11,13-14,21,24H,4-5,12,15H2,1-3H3/t21-,24+/m1/s1. The van der Waals surface area contributed by atoms with Crippen LogP contribution in [0.2, 0.25) is 0 Å².